The average Bonchev–Trinajstić information content (AvgIpc) is 2.40. The van der Waals surface area contributed by atoms with Gasteiger partial charge in [-0.05, 0) is 37.7 Å². The van der Waals surface area contributed by atoms with Crippen LogP contribution in [0.1, 0.15) is 49.9 Å². The monoisotopic (exact) mass is 295 g/mol. The van der Waals surface area contributed by atoms with Crippen molar-refractivity contribution in [3.63, 3.8) is 0 Å². The molecular weight excluding hydrogens is 274 g/mol. The molecule has 20 heavy (non-hydrogen) atoms. The van der Waals surface area contributed by atoms with Crippen molar-refractivity contribution in [2.24, 2.45) is 5.41 Å². The summed E-state index contributed by atoms with van der Waals surface area (Å²) >= 11 is 6.07. The smallest absolute Gasteiger partial charge is 0.253 e. The number of carbonyl (C=O) groups excluding carboxylic acids is 1. The van der Waals surface area contributed by atoms with E-state index in [-0.39, 0.29) is 5.91 Å². The highest BCUT2D eigenvalue weighted by Gasteiger charge is 2.35. The standard InChI is InChI=1S/C15H22ClN3O/c1-3-15(6-5-7-15)10-19-14(20)11-8-13(17-4-2)18-9-12(11)16/h8-9H,3-7,10H2,1-2H3,(H,17,18)(H,19,20). The Labute approximate surface area is 125 Å². The van der Waals surface area contributed by atoms with E-state index in [1.54, 1.807) is 6.07 Å². The number of amides is 1. The van der Waals surface area contributed by atoms with Gasteiger partial charge in [-0.3, -0.25) is 4.79 Å². The number of pyridine rings is 1. The second kappa shape index (κ2) is 6.44. The number of hydrogen-bond donors (Lipinski definition) is 2. The second-order valence-electron chi connectivity index (χ2n) is 5.47. The Morgan fingerprint density at radius 1 is 1.45 bits per heavy atom. The Bertz CT molecular complexity index is 480. The van der Waals surface area contributed by atoms with E-state index in [4.69, 9.17) is 11.6 Å². The van der Waals surface area contributed by atoms with E-state index < -0.39 is 0 Å². The predicted octanol–water partition coefficient (Wildman–Crippen LogP) is 3.48. The maximum atomic E-state index is 12.3. The largest absolute Gasteiger partial charge is 0.370 e. The minimum absolute atomic E-state index is 0.115. The van der Waals surface area contributed by atoms with Gasteiger partial charge >= 0.3 is 0 Å². The maximum absolute atomic E-state index is 12.3. The average molecular weight is 296 g/mol. The van der Waals surface area contributed by atoms with E-state index in [0.717, 1.165) is 19.5 Å². The van der Waals surface area contributed by atoms with Crippen LogP contribution in [-0.2, 0) is 0 Å². The van der Waals surface area contributed by atoms with Gasteiger partial charge < -0.3 is 10.6 Å². The van der Waals surface area contributed by atoms with Gasteiger partial charge in [-0.25, -0.2) is 4.98 Å². The minimum Gasteiger partial charge on any atom is -0.370 e. The van der Waals surface area contributed by atoms with Crippen LogP contribution >= 0.6 is 11.6 Å². The summed E-state index contributed by atoms with van der Waals surface area (Å²) in [4.78, 5) is 16.4. The number of carbonyl (C=O) groups is 1. The predicted molar refractivity (Wildman–Crippen MR) is 82.3 cm³/mol. The van der Waals surface area contributed by atoms with E-state index >= 15 is 0 Å². The molecule has 0 bridgehead atoms. The molecule has 0 aliphatic heterocycles. The zero-order valence-corrected chi connectivity index (χ0v) is 12.9. The number of halogens is 1. The van der Waals surface area contributed by atoms with Crippen molar-refractivity contribution in [2.45, 2.75) is 39.5 Å². The van der Waals surface area contributed by atoms with E-state index in [1.165, 1.54) is 25.5 Å². The molecule has 1 fully saturated rings. The van der Waals surface area contributed by atoms with Crippen LogP contribution in [0.3, 0.4) is 0 Å². The summed E-state index contributed by atoms with van der Waals surface area (Å²) in [6, 6.07) is 1.71. The first-order chi connectivity index (χ1) is 9.60. The first-order valence-corrected chi connectivity index (χ1v) is 7.65. The molecule has 1 saturated carbocycles. The van der Waals surface area contributed by atoms with Crippen LogP contribution < -0.4 is 10.6 Å². The highest BCUT2D eigenvalue weighted by Crippen LogP contribution is 2.43. The Morgan fingerprint density at radius 3 is 2.75 bits per heavy atom. The molecule has 4 nitrogen and oxygen atoms in total. The molecule has 0 atom stereocenters. The van der Waals surface area contributed by atoms with E-state index in [1.807, 2.05) is 6.92 Å². The van der Waals surface area contributed by atoms with Crippen LogP contribution in [0.15, 0.2) is 12.3 Å². The summed E-state index contributed by atoms with van der Waals surface area (Å²) in [7, 11) is 0. The fourth-order valence-corrected chi connectivity index (χ4v) is 2.77. The van der Waals surface area contributed by atoms with Crippen molar-refractivity contribution in [1.29, 1.82) is 0 Å². The van der Waals surface area contributed by atoms with E-state index in [0.29, 0.717) is 21.8 Å². The number of anilines is 1. The molecule has 0 saturated heterocycles. The Kier molecular flexibility index (Phi) is 4.86. The molecule has 0 spiro atoms. The number of rotatable bonds is 6. The third-order valence-electron chi connectivity index (χ3n) is 4.25. The molecule has 0 radical (unpaired) electrons. The molecule has 5 heteroatoms. The van der Waals surface area contributed by atoms with Crippen molar-refractivity contribution in [3.8, 4) is 0 Å². The quantitative estimate of drug-likeness (QED) is 0.845. The lowest BCUT2D eigenvalue weighted by Gasteiger charge is -2.41. The van der Waals surface area contributed by atoms with Crippen molar-refractivity contribution >= 4 is 23.3 Å². The molecule has 2 rings (SSSR count). The third-order valence-corrected chi connectivity index (χ3v) is 4.55. The van der Waals surface area contributed by atoms with Crippen molar-refractivity contribution in [2.75, 3.05) is 18.4 Å². The Morgan fingerprint density at radius 2 is 2.20 bits per heavy atom. The number of hydrogen-bond acceptors (Lipinski definition) is 3. The second-order valence-corrected chi connectivity index (χ2v) is 5.88. The molecule has 110 valence electrons. The minimum atomic E-state index is -0.115. The highest BCUT2D eigenvalue weighted by atomic mass is 35.5. The van der Waals surface area contributed by atoms with Crippen molar-refractivity contribution in [3.05, 3.63) is 22.8 Å². The first kappa shape index (κ1) is 15.1. The highest BCUT2D eigenvalue weighted by molar-refractivity contribution is 6.33. The van der Waals surface area contributed by atoms with Gasteiger partial charge in [0, 0.05) is 19.3 Å². The molecule has 1 aromatic rings. The summed E-state index contributed by atoms with van der Waals surface area (Å²) in [6.07, 6.45) is 6.31. The SMILES string of the molecule is CCNc1cc(C(=O)NCC2(CC)CCC2)c(Cl)cn1. The third kappa shape index (κ3) is 3.23. The maximum Gasteiger partial charge on any atom is 0.253 e. The molecular formula is C15H22ClN3O. The van der Waals surface area contributed by atoms with Crippen molar-refractivity contribution in [1.82, 2.24) is 10.3 Å². The molecule has 1 aliphatic rings. The van der Waals surface area contributed by atoms with Crippen LogP contribution in [0, 0.1) is 5.41 Å². The lowest BCUT2D eigenvalue weighted by atomic mass is 9.67. The molecule has 1 amide bonds. The van der Waals surface area contributed by atoms with Gasteiger partial charge in [0.2, 0.25) is 0 Å². The summed E-state index contributed by atoms with van der Waals surface area (Å²) in [5.74, 6) is 0.562. The zero-order chi connectivity index (χ0) is 14.6. The van der Waals surface area contributed by atoms with Gasteiger partial charge in [-0.15, -0.1) is 0 Å². The van der Waals surface area contributed by atoms with Crippen LogP contribution in [0.5, 0.6) is 0 Å². The fraction of sp³-hybridized carbons (Fsp3) is 0.600. The van der Waals surface area contributed by atoms with Gasteiger partial charge in [-0.1, -0.05) is 24.9 Å². The van der Waals surface area contributed by atoms with Crippen LogP contribution in [0.2, 0.25) is 5.02 Å². The van der Waals surface area contributed by atoms with Crippen molar-refractivity contribution < 1.29 is 4.79 Å². The lowest BCUT2D eigenvalue weighted by molar-refractivity contribution is 0.0850. The Hall–Kier alpha value is -1.29. The molecule has 2 N–H and O–H groups in total. The summed E-state index contributed by atoms with van der Waals surface area (Å²) in [5, 5.41) is 6.50. The van der Waals surface area contributed by atoms with Gasteiger partial charge in [0.05, 0.1) is 10.6 Å². The van der Waals surface area contributed by atoms with E-state index in [9.17, 15) is 4.79 Å². The molecule has 0 aromatic carbocycles. The van der Waals surface area contributed by atoms with Crippen LogP contribution in [0.4, 0.5) is 5.82 Å². The van der Waals surface area contributed by atoms with Gasteiger partial charge in [0.1, 0.15) is 5.82 Å². The molecule has 0 unspecified atom stereocenters. The summed E-state index contributed by atoms with van der Waals surface area (Å²) < 4.78 is 0. The first-order valence-electron chi connectivity index (χ1n) is 7.28. The van der Waals surface area contributed by atoms with Gasteiger partial charge in [0.25, 0.3) is 5.91 Å². The molecule has 1 heterocycles. The van der Waals surface area contributed by atoms with Gasteiger partial charge in [0.15, 0.2) is 0 Å². The van der Waals surface area contributed by atoms with Crippen LogP contribution in [0.25, 0.3) is 0 Å². The Balaban J connectivity index is 2.03. The summed E-state index contributed by atoms with van der Waals surface area (Å²) in [5.41, 5.74) is 0.794. The number of nitrogens with one attached hydrogen (secondary N) is 2. The number of aromatic nitrogens is 1. The fourth-order valence-electron chi connectivity index (χ4n) is 2.59. The molecule has 1 aromatic heterocycles. The topological polar surface area (TPSA) is 54.0 Å². The molecule has 1 aliphatic carbocycles. The zero-order valence-electron chi connectivity index (χ0n) is 12.1. The lowest BCUT2D eigenvalue weighted by Crippen LogP contribution is -2.41. The number of nitrogens with zero attached hydrogens (tertiary/aromatic N) is 1. The van der Waals surface area contributed by atoms with Gasteiger partial charge in [-0.2, -0.15) is 0 Å². The van der Waals surface area contributed by atoms with E-state index in [2.05, 4.69) is 22.5 Å². The van der Waals surface area contributed by atoms with Crippen LogP contribution in [-0.4, -0.2) is 24.0 Å². The normalized spacial score (nSPS) is 16.4. The summed E-state index contributed by atoms with van der Waals surface area (Å²) in [6.45, 7) is 5.66.